The Morgan fingerprint density at radius 3 is 2.33 bits per heavy atom. The van der Waals surface area contributed by atoms with Gasteiger partial charge in [-0.25, -0.2) is 9.78 Å². The average molecular weight is 605 g/mol. The van der Waals surface area contributed by atoms with Crippen LogP contribution in [0, 0.1) is 5.92 Å². The van der Waals surface area contributed by atoms with E-state index in [4.69, 9.17) is 18.9 Å². The number of carbonyl (C=O) groups excluding carboxylic acids is 2. The number of pyridine rings is 1. The lowest BCUT2D eigenvalue weighted by Crippen LogP contribution is -2.49. The maximum absolute atomic E-state index is 13.1. The van der Waals surface area contributed by atoms with Gasteiger partial charge in [-0.05, 0) is 30.2 Å². The zero-order valence-electron chi connectivity index (χ0n) is 23.7. The van der Waals surface area contributed by atoms with Gasteiger partial charge >= 0.3 is 12.3 Å². The fourth-order valence-electron chi connectivity index (χ4n) is 6.00. The molecular formula is C30H35F3N4O6. The Labute approximate surface area is 247 Å². The first-order valence-corrected chi connectivity index (χ1v) is 14.7. The highest BCUT2D eigenvalue weighted by Crippen LogP contribution is 2.33. The molecule has 2 amide bonds. The van der Waals surface area contributed by atoms with Crippen molar-refractivity contribution in [2.75, 3.05) is 52.5 Å². The minimum atomic E-state index is -4.44. The summed E-state index contributed by atoms with van der Waals surface area (Å²) in [5.74, 6) is 0.207. The van der Waals surface area contributed by atoms with Gasteiger partial charge in [0.05, 0.1) is 24.7 Å². The van der Waals surface area contributed by atoms with Gasteiger partial charge in [-0.3, -0.25) is 9.69 Å². The molecule has 2 unspecified atom stereocenters. The predicted octanol–water partition coefficient (Wildman–Crippen LogP) is 3.80. The second-order valence-corrected chi connectivity index (χ2v) is 11.4. The molecule has 0 spiro atoms. The van der Waals surface area contributed by atoms with Crippen LogP contribution in [0.25, 0.3) is 0 Å². The highest BCUT2D eigenvalue weighted by Gasteiger charge is 2.44. The van der Waals surface area contributed by atoms with E-state index in [-0.39, 0.29) is 42.3 Å². The van der Waals surface area contributed by atoms with Gasteiger partial charge in [-0.15, -0.1) is 0 Å². The molecule has 6 rings (SSSR count). The van der Waals surface area contributed by atoms with E-state index >= 15 is 0 Å². The van der Waals surface area contributed by atoms with Gasteiger partial charge in [-0.2, -0.15) is 13.2 Å². The van der Waals surface area contributed by atoms with Gasteiger partial charge in [0.15, 0.2) is 6.29 Å². The van der Waals surface area contributed by atoms with E-state index in [9.17, 15) is 22.8 Å². The maximum Gasteiger partial charge on any atom is 0.417 e. The highest BCUT2D eigenvalue weighted by molar-refractivity contribution is 5.94. The largest absolute Gasteiger partial charge is 0.474 e. The summed E-state index contributed by atoms with van der Waals surface area (Å²) in [5.41, 5.74) is 0.865. The molecule has 3 atom stereocenters. The number of amides is 2. The number of alkyl halides is 3. The zero-order chi connectivity index (χ0) is 30.0. The van der Waals surface area contributed by atoms with Crippen molar-refractivity contribution in [3.8, 4) is 5.88 Å². The van der Waals surface area contributed by atoms with E-state index in [1.807, 2.05) is 24.3 Å². The molecule has 0 radical (unpaired) electrons. The fourth-order valence-corrected chi connectivity index (χ4v) is 6.00. The van der Waals surface area contributed by atoms with Crippen LogP contribution in [0.1, 0.15) is 40.7 Å². The first kappa shape index (κ1) is 29.6. The predicted molar refractivity (Wildman–Crippen MR) is 146 cm³/mol. The Morgan fingerprint density at radius 1 is 0.907 bits per heavy atom. The Kier molecular flexibility index (Phi) is 8.73. The summed E-state index contributed by atoms with van der Waals surface area (Å²) >= 11 is 0. The lowest BCUT2D eigenvalue weighted by atomic mass is 10.0. The number of aromatic nitrogens is 1. The van der Waals surface area contributed by atoms with Crippen molar-refractivity contribution in [2.45, 2.75) is 50.5 Å². The number of fused-ring (bicyclic) bond motifs is 1. The van der Waals surface area contributed by atoms with Crippen molar-refractivity contribution in [2.24, 2.45) is 5.92 Å². The number of ether oxygens (including phenoxy) is 4. The van der Waals surface area contributed by atoms with Crippen LogP contribution in [0.3, 0.4) is 0 Å². The smallest absolute Gasteiger partial charge is 0.417 e. The molecule has 0 aliphatic carbocycles. The Hall–Kier alpha value is -3.42. The number of piperazine rings is 1. The Morgan fingerprint density at radius 2 is 1.65 bits per heavy atom. The topological polar surface area (TPSA) is 93.7 Å². The van der Waals surface area contributed by atoms with Crippen molar-refractivity contribution in [1.82, 2.24) is 19.7 Å². The third-order valence-corrected chi connectivity index (χ3v) is 8.56. The molecule has 13 heteroatoms. The summed E-state index contributed by atoms with van der Waals surface area (Å²) in [6, 6.07) is 9.77. The number of nitrogens with zero attached hydrogens (tertiary/aromatic N) is 4. The summed E-state index contributed by atoms with van der Waals surface area (Å²) < 4.78 is 60.8. The molecule has 1 aromatic heterocycles. The average Bonchev–Trinajstić information content (AvgIpc) is 3.63. The molecule has 4 aliphatic heterocycles. The normalized spacial score (nSPS) is 25.0. The molecule has 0 saturated carbocycles. The molecule has 4 aliphatic rings. The molecule has 0 bridgehead atoms. The maximum atomic E-state index is 13.1. The summed E-state index contributed by atoms with van der Waals surface area (Å²) in [6.45, 7) is 5.34. The highest BCUT2D eigenvalue weighted by atomic mass is 19.4. The molecular weight excluding hydrogens is 569 g/mol. The summed E-state index contributed by atoms with van der Waals surface area (Å²) in [7, 11) is 0. The van der Waals surface area contributed by atoms with E-state index in [1.54, 1.807) is 9.80 Å². The van der Waals surface area contributed by atoms with E-state index < -0.39 is 11.7 Å². The number of likely N-dealkylation sites (tertiary alicyclic amines) is 1. The molecule has 2 aromatic rings. The van der Waals surface area contributed by atoms with Crippen LogP contribution in [-0.2, 0) is 26.9 Å². The number of piperidine rings is 1. The number of carbonyl (C=O) groups is 2. The second-order valence-electron chi connectivity index (χ2n) is 11.4. The lowest BCUT2D eigenvalue weighted by Gasteiger charge is -2.35. The summed E-state index contributed by atoms with van der Waals surface area (Å²) in [5, 5.41) is 0. The van der Waals surface area contributed by atoms with E-state index in [0.29, 0.717) is 57.8 Å². The van der Waals surface area contributed by atoms with Crippen LogP contribution in [0.4, 0.5) is 18.0 Å². The van der Waals surface area contributed by atoms with Crippen LogP contribution < -0.4 is 4.74 Å². The molecule has 1 aromatic carbocycles. The van der Waals surface area contributed by atoms with E-state index in [2.05, 4.69) is 9.88 Å². The fraction of sp³-hybridized carbons (Fsp3) is 0.567. The first-order chi connectivity index (χ1) is 20.7. The van der Waals surface area contributed by atoms with E-state index in [1.165, 1.54) is 6.07 Å². The van der Waals surface area contributed by atoms with Gasteiger partial charge in [-0.1, -0.05) is 12.1 Å². The molecule has 0 N–H and O–H groups in total. The van der Waals surface area contributed by atoms with Gasteiger partial charge in [0.2, 0.25) is 5.88 Å². The Balaban J connectivity index is 0.916. The van der Waals surface area contributed by atoms with Gasteiger partial charge < -0.3 is 28.7 Å². The minimum absolute atomic E-state index is 0.0621. The third kappa shape index (κ3) is 7.05. The molecule has 4 saturated heterocycles. The van der Waals surface area contributed by atoms with Crippen molar-refractivity contribution in [3.63, 3.8) is 0 Å². The second kappa shape index (κ2) is 12.7. The van der Waals surface area contributed by atoms with Crippen LogP contribution in [0.5, 0.6) is 5.88 Å². The van der Waals surface area contributed by atoms with Gasteiger partial charge in [0.1, 0.15) is 12.2 Å². The molecule has 43 heavy (non-hydrogen) atoms. The van der Waals surface area contributed by atoms with Crippen LogP contribution in [0.2, 0.25) is 0 Å². The number of hydrogen-bond acceptors (Lipinski definition) is 8. The van der Waals surface area contributed by atoms with Crippen molar-refractivity contribution < 1.29 is 41.7 Å². The lowest BCUT2D eigenvalue weighted by molar-refractivity contribution is -0.137. The minimum Gasteiger partial charge on any atom is -0.474 e. The zero-order valence-corrected chi connectivity index (χ0v) is 23.7. The number of hydrogen-bond donors (Lipinski definition) is 0. The number of benzene rings is 1. The third-order valence-electron chi connectivity index (χ3n) is 8.56. The Bertz CT molecular complexity index is 1260. The van der Waals surface area contributed by atoms with E-state index in [0.717, 1.165) is 43.9 Å². The van der Waals surface area contributed by atoms with Crippen LogP contribution in [0.15, 0.2) is 42.6 Å². The standard InChI is InChI=1S/C30H35F3N4O6/c31-30(32,33)22-5-6-26(34-17-22)42-23-7-10-36(11-8-23)27(38)21-3-1-20(2-4-21)18-35-12-14-37(15-13-35)29(39)43-25-19-41-28-24(25)9-16-40-28/h1-6,17,23-25,28H,7-16,18-19H2/t24?,25-,28?/m0/s1. The number of rotatable bonds is 6. The van der Waals surface area contributed by atoms with Gasteiger partial charge in [0, 0.05) is 76.5 Å². The molecule has 4 fully saturated rings. The van der Waals surface area contributed by atoms with Crippen molar-refractivity contribution >= 4 is 12.0 Å². The summed E-state index contributed by atoms with van der Waals surface area (Å²) in [4.78, 5) is 35.3. The molecule has 10 nitrogen and oxygen atoms in total. The first-order valence-electron chi connectivity index (χ1n) is 14.7. The van der Waals surface area contributed by atoms with Crippen LogP contribution >= 0.6 is 0 Å². The monoisotopic (exact) mass is 604 g/mol. The molecule has 232 valence electrons. The van der Waals surface area contributed by atoms with Crippen molar-refractivity contribution in [1.29, 1.82) is 0 Å². The quantitative estimate of drug-likeness (QED) is 0.492. The van der Waals surface area contributed by atoms with Gasteiger partial charge in [0.25, 0.3) is 5.91 Å². The SMILES string of the molecule is O=C(O[C@H]1COC2OCCC21)N1CCN(Cc2ccc(C(=O)N3CCC(Oc4ccc(C(F)(F)F)cn4)CC3)cc2)CC1. The number of halogens is 3. The van der Waals surface area contributed by atoms with Crippen molar-refractivity contribution in [3.05, 3.63) is 59.3 Å². The van der Waals surface area contributed by atoms with Crippen LogP contribution in [-0.4, -0.2) is 103 Å². The molecule has 5 heterocycles. The summed E-state index contributed by atoms with van der Waals surface area (Å²) in [6.07, 6.45) is -2.70.